The predicted octanol–water partition coefficient (Wildman–Crippen LogP) is 2.52. The van der Waals surface area contributed by atoms with E-state index in [2.05, 4.69) is 28.1 Å². The predicted molar refractivity (Wildman–Crippen MR) is 53.1 cm³/mol. The largest absolute Gasteiger partial charge is 0.198 e. The summed E-state index contributed by atoms with van der Waals surface area (Å²) in [4.78, 5) is 0. The first-order valence-electron chi connectivity index (χ1n) is 3.76. The van der Waals surface area contributed by atoms with Gasteiger partial charge in [0.15, 0.2) is 0 Å². The molecule has 0 atom stereocenters. The van der Waals surface area contributed by atoms with E-state index in [0.717, 1.165) is 11.1 Å². The topological polar surface area (TPSA) is 47.6 Å². The van der Waals surface area contributed by atoms with Crippen LogP contribution in [0.25, 0.3) is 0 Å². The fraction of sp³-hybridized carbons (Fsp3) is 0.200. The van der Waals surface area contributed by atoms with Crippen molar-refractivity contribution in [3.05, 3.63) is 34.9 Å². The molecule has 1 rings (SSSR count). The van der Waals surface area contributed by atoms with Crippen molar-refractivity contribution in [2.24, 2.45) is 0 Å². The van der Waals surface area contributed by atoms with Gasteiger partial charge in [-0.25, -0.2) is 0 Å². The Labute approximate surface area is 85.5 Å². The van der Waals surface area contributed by atoms with Crippen LogP contribution in [0.3, 0.4) is 0 Å². The van der Waals surface area contributed by atoms with Crippen molar-refractivity contribution in [1.29, 1.82) is 10.5 Å². The molecule has 13 heavy (non-hydrogen) atoms. The van der Waals surface area contributed by atoms with Crippen molar-refractivity contribution in [2.45, 2.75) is 11.8 Å². The van der Waals surface area contributed by atoms with E-state index in [1.54, 1.807) is 6.07 Å². The molecular formula is C10H7BrN2. The molecule has 1 aromatic carbocycles. The van der Waals surface area contributed by atoms with Crippen LogP contribution in [0.2, 0.25) is 0 Å². The van der Waals surface area contributed by atoms with Gasteiger partial charge in [-0.15, -0.1) is 0 Å². The Morgan fingerprint density at radius 2 is 2.08 bits per heavy atom. The minimum atomic E-state index is 0.358. The minimum absolute atomic E-state index is 0.358. The summed E-state index contributed by atoms with van der Waals surface area (Å²) in [5.74, 6) is 0. The van der Waals surface area contributed by atoms with Crippen LogP contribution in [0, 0.1) is 22.7 Å². The second-order valence-corrected chi connectivity index (χ2v) is 3.13. The monoisotopic (exact) mass is 234 g/mol. The van der Waals surface area contributed by atoms with Gasteiger partial charge in [-0.1, -0.05) is 28.1 Å². The maximum atomic E-state index is 8.79. The van der Waals surface area contributed by atoms with E-state index in [4.69, 9.17) is 10.5 Å². The van der Waals surface area contributed by atoms with Gasteiger partial charge in [-0.05, 0) is 17.2 Å². The molecule has 0 amide bonds. The Bertz CT molecular complexity index is 385. The van der Waals surface area contributed by atoms with Crippen LogP contribution >= 0.6 is 15.9 Å². The second kappa shape index (κ2) is 4.64. The highest BCUT2D eigenvalue weighted by Gasteiger charge is 2.01. The highest BCUT2D eigenvalue weighted by molar-refractivity contribution is 9.08. The van der Waals surface area contributed by atoms with Gasteiger partial charge in [0, 0.05) is 5.33 Å². The van der Waals surface area contributed by atoms with Gasteiger partial charge in [0.25, 0.3) is 0 Å². The van der Waals surface area contributed by atoms with Crippen molar-refractivity contribution in [3.8, 4) is 12.1 Å². The number of hydrogen-bond acceptors (Lipinski definition) is 2. The first-order valence-corrected chi connectivity index (χ1v) is 4.88. The molecule has 0 saturated carbocycles. The molecule has 0 heterocycles. The number of hydrogen-bond donors (Lipinski definition) is 0. The molecule has 1 aromatic rings. The molecule has 0 aliphatic carbocycles. The lowest BCUT2D eigenvalue weighted by Gasteiger charge is -2.00. The zero-order valence-electron chi connectivity index (χ0n) is 6.92. The zero-order chi connectivity index (χ0) is 9.68. The van der Waals surface area contributed by atoms with Gasteiger partial charge in [-0.2, -0.15) is 10.5 Å². The number of nitrogens with zero attached hydrogens (tertiary/aromatic N) is 2. The number of rotatable bonds is 2. The smallest absolute Gasteiger partial charge is 0.0994 e. The average molecular weight is 235 g/mol. The molecule has 0 bridgehead atoms. The fourth-order valence-corrected chi connectivity index (χ4v) is 1.53. The van der Waals surface area contributed by atoms with Gasteiger partial charge in [0.1, 0.15) is 0 Å². The first kappa shape index (κ1) is 9.77. The van der Waals surface area contributed by atoms with Crippen LogP contribution in [0.4, 0.5) is 0 Å². The van der Waals surface area contributed by atoms with E-state index in [-0.39, 0.29) is 0 Å². The Hall–Kier alpha value is -1.32. The van der Waals surface area contributed by atoms with Gasteiger partial charge in [-0.3, -0.25) is 0 Å². The highest BCUT2D eigenvalue weighted by atomic mass is 79.9. The lowest BCUT2D eigenvalue weighted by Crippen LogP contribution is -1.89. The Morgan fingerprint density at radius 1 is 1.31 bits per heavy atom. The lowest BCUT2D eigenvalue weighted by atomic mass is 10.0. The Morgan fingerprint density at radius 3 is 2.62 bits per heavy atom. The number of benzene rings is 1. The normalized spacial score (nSPS) is 8.85. The summed E-state index contributed by atoms with van der Waals surface area (Å²) in [5.41, 5.74) is 2.50. The summed E-state index contributed by atoms with van der Waals surface area (Å²) >= 11 is 3.30. The van der Waals surface area contributed by atoms with E-state index >= 15 is 0 Å². The SMILES string of the molecule is N#CCc1ccc(CBr)c(C#N)c1. The van der Waals surface area contributed by atoms with E-state index in [1.165, 1.54) is 0 Å². The quantitative estimate of drug-likeness (QED) is 0.739. The maximum Gasteiger partial charge on any atom is 0.0994 e. The third-order valence-corrected chi connectivity index (χ3v) is 2.33. The fourth-order valence-electron chi connectivity index (χ4n) is 1.05. The molecule has 3 heteroatoms. The first-order chi connectivity index (χ1) is 6.31. The second-order valence-electron chi connectivity index (χ2n) is 2.57. The van der Waals surface area contributed by atoms with Crippen LogP contribution in [0.15, 0.2) is 18.2 Å². The standard InChI is InChI=1S/C10H7BrN2/c11-6-9-2-1-8(3-4-12)5-10(9)7-13/h1-2,5H,3,6H2. The molecule has 2 nitrogen and oxygen atoms in total. The highest BCUT2D eigenvalue weighted by Crippen LogP contribution is 2.14. The van der Waals surface area contributed by atoms with Crippen LogP contribution in [-0.4, -0.2) is 0 Å². The van der Waals surface area contributed by atoms with Crippen molar-refractivity contribution < 1.29 is 0 Å². The minimum Gasteiger partial charge on any atom is -0.198 e. The Balaban J connectivity index is 3.09. The van der Waals surface area contributed by atoms with Crippen molar-refractivity contribution in [3.63, 3.8) is 0 Å². The summed E-state index contributed by atoms with van der Waals surface area (Å²) in [7, 11) is 0. The van der Waals surface area contributed by atoms with Gasteiger partial charge < -0.3 is 0 Å². The molecule has 0 unspecified atom stereocenters. The van der Waals surface area contributed by atoms with Crippen LogP contribution in [-0.2, 0) is 11.8 Å². The number of alkyl halides is 1. The van der Waals surface area contributed by atoms with Crippen LogP contribution in [0.5, 0.6) is 0 Å². The number of halogens is 1. The van der Waals surface area contributed by atoms with E-state index < -0.39 is 0 Å². The third kappa shape index (κ3) is 2.31. The molecule has 64 valence electrons. The van der Waals surface area contributed by atoms with Gasteiger partial charge >= 0.3 is 0 Å². The summed E-state index contributed by atoms with van der Waals surface area (Å²) in [6.07, 6.45) is 0.358. The molecule has 0 aliphatic heterocycles. The molecule has 0 saturated heterocycles. The third-order valence-electron chi connectivity index (χ3n) is 1.72. The Kier molecular flexibility index (Phi) is 3.49. The zero-order valence-corrected chi connectivity index (χ0v) is 8.50. The van der Waals surface area contributed by atoms with E-state index in [9.17, 15) is 0 Å². The molecule has 0 aromatic heterocycles. The molecule has 0 spiro atoms. The lowest BCUT2D eigenvalue weighted by molar-refractivity contribution is 1.24. The van der Waals surface area contributed by atoms with Crippen molar-refractivity contribution in [1.82, 2.24) is 0 Å². The van der Waals surface area contributed by atoms with Gasteiger partial charge in [0.2, 0.25) is 0 Å². The van der Waals surface area contributed by atoms with E-state index in [1.807, 2.05) is 12.1 Å². The average Bonchev–Trinajstić information content (AvgIpc) is 2.18. The van der Waals surface area contributed by atoms with Crippen LogP contribution in [0.1, 0.15) is 16.7 Å². The van der Waals surface area contributed by atoms with Crippen LogP contribution < -0.4 is 0 Å². The maximum absolute atomic E-state index is 8.79. The number of nitriles is 2. The molecule has 0 radical (unpaired) electrons. The molecular weight excluding hydrogens is 228 g/mol. The molecule has 0 aliphatic rings. The molecule has 0 fully saturated rings. The van der Waals surface area contributed by atoms with E-state index in [0.29, 0.717) is 17.3 Å². The summed E-state index contributed by atoms with van der Waals surface area (Å²) in [6, 6.07) is 9.67. The summed E-state index contributed by atoms with van der Waals surface area (Å²) < 4.78 is 0. The van der Waals surface area contributed by atoms with Crippen molar-refractivity contribution in [2.75, 3.05) is 0 Å². The van der Waals surface area contributed by atoms with Crippen molar-refractivity contribution >= 4 is 15.9 Å². The van der Waals surface area contributed by atoms with Gasteiger partial charge in [0.05, 0.1) is 24.1 Å². The summed E-state index contributed by atoms with van der Waals surface area (Å²) in [6.45, 7) is 0. The summed E-state index contributed by atoms with van der Waals surface area (Å²) in [5, 5.41) is 17.9. The molecule has 0 N–H and O–H groups in total.